The molecule has 2 aromatic carbocycles. The van der Waals surface area contributed by atoms with Crippen molar-refractivity contribution < 1.29 is 4.57 Å². The number of halogens is 1. The van der Waals surface area contributed by atoms with Crippen molar-refractivity contribution in [2.24, 2.45) is 0 Å². The van der Waals surface area contributed by atoms with Crippen LogP contribution in [0.5, 0.6) is 0 Å². The molecule has 1 aromatic heterocycles. The molecule has 24 heavy (non-hydrogen) atoms. The highest BCUT2D eigenvalue weighted by Gasteiger charge is 2.17. The van der Waals surface area contributed by atoms with E-state index in [9.17, 15) is 0 Å². The molecule has 0 saturated heterocycles. The van der Waals surface area contributed by atoms with E-state index in [4.69, 9.17) is 11.6 Å². The van der Waals surface area contributed by atoms with Gasteiger partial charge in [-0.3, -0.25) is 0 Å². The molecule has 3 rings (SSSR count). The minimum absolute atomic E-state index is 0.819. The zero-order chi connectivity index (χ0) is 16.9. The van der Waals surface area contributed by atoms with Crippen molar-refractivity contribution in [1.29, 1.82) is 0 Å². The lowest BCUT2D eigenvalue weighted by molar-refractivity contribution is -0.692. The van der Waals surface area contributed by atoms with Crippen LogP contribution in [-0.4, -0.2) is 0 Å². The van der Waals surface area contributed by atoms with Crippen molar-refractivity contribution in [3.05, 3.63) is 77.6 Å². The van der Waals surface area contributed by atoms with Crippen LogP contribution in [0.3, 0.4) is 0 Å². The van der Waals surface area contributed by atoms with Gasteiger partial charge >= 0.3 is 0 Å². The molecule has 1 heterocycles. The molecule has 0 unspecified atom stereocenters. The molecular formula is C22H23ClN+. The molecule has 0 atom stereocenters. The molecule has 2 heteroatoms. The third-order valence-electron chi connectivity index (χ3n) is 4.29. The maximum atomic E-state index is 6.82. The Morgan fingerprint density at radius 1 is 0.833 bits per heavy atom. The summed E-state index contributed by atoms with van der Waals surface area (Å²) in [5.74, 6) is 0. The summed E-state index contributed by atoms with van der Waals surface area (Å²) in [6.07, 6.45) is 6.53. The van der Waals surface area contributed by atoms with E-state index in [2.05, 4.69) is 79.3 Å². The average Bonchev–Trinajstić information content (AvgIpc) is 2.63. The molecule has 0 saturated carbocycles. The van der Waals surface area contributed by atoms with Gasteiger partial charge in [-0.2, -0.15) is 0 Å². The van der Waals surface area contributed by atoms with Gasteiger partial charge in [0.15, 0.2) is 12.4 Å². The van der Waals surface area contributed by atoms with E-state index >= 15 is 0 Å². The zero-order valence-corrected chi connectivity index (χ0v) is 15.1. The summed E-state index contributed by atoms with van der Waals surface area (Å²) >= 11 is 6.82. The minimum Gasteiger partial charge on any atom is -0.204 e. The van der Waals surface area contributed by atoms with Gasteiger partial charge in [-0.1, -0.05) is 79.5 Å². The highest BCUT2D eigenvalue weighted by molar-refractivity contribution is 6.35. The number of rotatable bonds is 5. The topological polar surface area (TPSA) is 3.88 Å². The van der Waals surface area contributed by atoms with Gasteiger partial charge < -0.3 is 0 Å². The van der Waals surface area contributed by atoms with Crippen LogP contribution >= 0.6 is 11.6 Å². The lowest BCUT2D eigenvalue weighted by Gasteiger charge is -2.10. The Morgan fingerprint density at radius 2 is 1.50 bits per heavy atom. The Labute approximate surface area is 149 Å². The molecular weight excluding hydrogens is 314 g/mol. The quantitative estimate of drug-likeness (QED) is 0.508. The zero-order valence-electron chi connectivity index (χ0n) is 14.3. The number of aromatic nitrogens is 1. The molecule has 0 aliphatic carbocycles. The summed E-state index contributed by atoms with van der Waals surface area (Å²) in [7, 11) is 0. The van der Waals surface area contributed by atoms with Crippen molar-refractivity contribution in [2.75, 3.05) is 0 Å². The summed E-state index contributed by atoms with van der Waals surface area (Å²) in [4.78, 5) is 0. The molecule has 0 aliphatic rings. The van der Waals surface area contributed by atoms with Crippen molar-refractivity contribution in [3.63, 3.8) is 0 Å². The Bertz CT molecular complexity index is 825. The average molecular weight is 337 g/mol. The molecule has 0 spiro atoms. The third kappa shape index (κ3) is 3.52. The van der Waals surface area contributed by atoms with Crippen LogP contribution < -0.4 is 4.57 Å². The fraction of sp³-hybridized carbons (Fsp3) is 0.227. The van der Waals surface area contributed by atoms with E-state index in [-0.39, 0.29) is 0 Å². The van der Waals surface area contributed by atoms with Gasteiger partial charge in [0.1, 0.15) is 6.54 Å². The van der Waals surface area contributed by atoms with Crippen LogP contribution in [0.2, 0.25) is 5.02 Å². The van der Waals surface area contributed by atoms with Gasteiger partial charge in [-0.15, -0.1) is 0 Å². The van der Waals surface area contributed by atoms with Gasteiger partial charge in [0.2, 0.25) is 0 Å². The number of aryl methyl sites for hydroxylation is 2. The van der Waals surface area contributed by atoms with Crippen LogP contribution in [-0.2, 0) is 13.0 Å². The van der Waals surface area contributed by atoms with Crippen molar-refractivity contribution in [2.45, 2.75) is 33.2 Å². The first-order valence-corrected chi connectivity index (χ1v) is 8.98. The summed E-state index contributed by atoms with van der Waals surface area (Å²) in [6.45, 7) is 5.28. The first-order valence-electron chi connectivity index (χ1n) is 8.60. The smallest absolute Gasteiger partial charge is 0.178 e. The van der Waals surface area contributed by atoms with Crippen molar-refractivity contribution in [3.8, 4) is 22.3 Å². The SMILES string of the molecule is CCCc1cccc(-c2c[n+](CC)cc(-c3ccccc3)c2Cl)c1. The Hall–Kier alpha value is -2.12. The Kier molecular flexibility index (Phi) is 5.32. The normalized spacial score (nSPS) is 10.8. The molecule has 0 amide bonds. The fourth-order valence-corrected chi connectivity index (χ4v) is 3.33. The molecule has 0 radical (unpaired) electrons. The minimum atomic E-state index is 0.819. The van der Waals surface area contributed by atoms with E-state index in [1.807, 2.05) is 6.07 Å². The lowest BCUT2D eigenvalue weighted by Crippen LogP contribution is -2.32. The molecule has 0 aliphatic heterocycles. The number of nitrogens with zero attached hydrogens (tertiary/aromatic N) is 1. The summed E-state index contributed by atoms with van der Waals surface area (Å²) in [6, 6.07) is 19.1. The van der Waals surface area contributed by atoms with Crippen LogP contribution in [0.1, 0.15) is 25.8 Å². The first kappa shape index (κ1) is 16.7. The van der Waals surface area contributed by atoms with E-state index < -0.39 is 0 Å². The van der Waals surface area contributed by atoms with E-state index in [0.29, 0.717) is 0 Å². The highest BCUT2D eigenvalue weighted by Crippen LogP contribution is 2.35. The van der Waals surface area contributed by atoms with Crippen LogP contribution in [0.15, 0.2) is 67.0 Å². The first-order chi connectivity index (χ1) is 11.7. The van der Waals surface area contributed by atoms with E-state index in [1.54, 1.807) is 0 Å². The van der Waals surface area contributed by atoms with Gasteiger partial charge in [0.05, 0.1) is 16.1 Å². The lowest BCUT2D eigenvalue weighted by atomic mass is 9.99. The van der Waals surface area contributed by atoms with Gasteiger partial charge in [0.25, 0.3) is 0 Å². The molecule has 0 bridgehead atoms. The van der Waals surface area contributed by atoms with Gasteiger partial charge in [-0.05, 0) is 30.0 Å². The largest absolute Gasteiger partial charge is 0.204 e. The number of hydrogen-bond acceptors (Lipinski definition) is 0. The molecule has 0 fully saturated rings. The third-order valence-corrected chi connectivity index (χ3v) is 4.70. The second kappa shape index (κ2) is 7.63. The monoisotopic (exact) mass is 336 g/mol. The number of hydrogen-bond donors (Lipinski definition) is 0. The van der Waals surface area contributed by atoms with Crippen LogP contribution in [0.25, 0.3) is 22.3 Å². The van der Waals surface area contributed by atoms with Crippen LogP contribution in [0.4, 0.5) is 0 Å². The predicted molar refractivity (Wildman–Crippen MR) is 102 cm³/mol. The van der Waals surface area contributed by atoms with E-state index in [1.165, 1.54) is 11.1 Å². The Balaban J connectivity index is 2.16. The second-order valence-corrected chi connectivity index (χ2v) is 6.42. The highest BCUT2D eigenvalue weighted by atomic mass is 35.5. The van der Waals surface area contributed by atoms with E-state index in [0.717, 1.165) is 41.1 Å². The second-order valence-electron chi connectivity index (χ2n) is 6.05. The molecule has 122 valence electrons. The van der Waals surface area contributed by atoms with Gasteiger partial charge in [-0.25, -0.2) is 4.57 Å². The summed E-state index contributed by atoms with van der Waals surface area (Å²) in [5.41, 5.74) is 5.87. The van der Waals surface area contributed by atoms with Gasteiger partial charge in [0, 0.05) is 0 Å². The molecule has 3 aromatic rings. The van der Waals surface area contributed by atoms with Crippen molar-refractivity contribution in [1.82, 2.24) is 0 Å². The maximum Gasteiger partial charge on any atom is 0.178 e. The molecule has 0 N–H and O–H groups in total. The molecule has 1 nitrogen and oxygen atoms in total. The number of pyridine rings is 1. The Morgan fingerprint density at radius 3 is 2.17 bits per heavy atom. The fourth-order valence-electron chi connectivity index (χ4n) is 3.01. The van der Waals surface area contributed by atoms with Crippen LogP contribution in [0, 0.1) is 0 Å². The maximum absolute atomic E-state index is 6.82. The number of benzene rings is 2. The standard InChI is InChI=1S/C22H23ClN/c1-3-9-17-10-8-13-19(14-17)21-16-24(4-2)15-20(22(21)23)18-11-6-5-7-12-18/h5-8,10-16H,3-4,9H2,1-2H3/q+1. The van der Waals surface area contributed by atoms with Crippen molar-refractivity contribution >= 4 is 11.6 Å². The summed E-state index contributed by atoms with van der Waals surface area (Å²) < 4.78 is 2.20. The predicted octanol–water partition coefficient (Wildman–Crippen LogP) is 5.93. The summed E-state index contributed by atoms with van der Waals surface area (Å²) in [5, 5.41) is 0.819.